The molecule has 110 valence electrons. The molecule has 1 unspecified atom stereocenters. The van der Waals surface area contributed by atoms with E-state index >= 15 is 0 Å². The average molecular weight is 283 g/mol. The third-order valence-electron chi connectivity index (χ3n) is 3.92. The van der Waals surface area contributed by atoms with Gasteiger partial charge in [-0.05, 0) is 48.1 Å². The summed E-state index contributed by atoms with van der Waals surface area (Å²) in [5.74, 6) is 0.847. The van der Waals surface area contributed by atoms with Crippen molar-refractivity contribution >= 4 is 16.5 Å². The van der Waals surface area contributed by atoms with E-state index in [-0.39, 0.29) is 5.82 Å². The Morgan fingerprint density at radius 2 is 1.95 bits per heavy atom. The number of pyridine rings is 1. The molecule has 0 spiro atoms. The molecule has 1 atom stereocenters. The smallest absolute Gasteiger partial charge is 0.142 e. The number of fused-ring (bicyclic) bond motifs is 1. The van der Waals surface area contributed by atoms with Gasteiger partial charge in [0.2, 0.25) is 0 Å². The fraction of sp³-hybridized carbons (Fsp3) is 0.316. The van der Waals surface area contributed by atoms with Crippen LogP contribution in [0.25, 0.3) is 16.5 Å². The van der Waals surface area contributed by atoms with Crippen LogP contribution in [0.4, 0.5) is 4.39 Å². The number of hydrogen-bond donors (Lipinski definition) is 0. The van der Waals surface area contributed by atoms with E-state index in [1.54, 1.807) is 0 Å². The first kappa shape index (κ1) is 15.4. The molecular weight excluding hydrogens is 261 g/mol. The summed E-state index contributed by atoms with van der Waals surface area (Å²) in [6.45, 7) is 8.67. The minimum Gasteiger partial charge on any atom is -0.253 e. The van der Waals surface area contributed by atoms with Crippen molar-refractivity contribution in [1.29, 1.82) is 0 Å². The van der Waals surface area contributed by atoms with Gasteiger partial charge in [-0.3, -0.25) is 4.98 Å². The Labute approximate surface area is 126 Å². The summed E-state index contributed by atoms with van der Waals surface area (Å²) >= 11 is 0. The number of allylic oxidation sites excluding steroid dienone is 4. The van der Waals surface area contributed by atoms with Gasteiger partial charge >= 0.3 is 0 Å². The highest BCUT2D eigenvalue weighted by atomic mass is 19.1. The van der Waals surface area contributed by atoms with Gasteiger partial charge in [0, 0.05) is 5.39 Å². The Hall–Kier alpha value is -1.96. The maximum atomic E-state index is 13.3. The quantitative estimate of drug-likeness (QED) is 0.663. The number of halogens is 1. The molecule has 21 heavy (non-hydrogen) atoms. The maximum absolute atomic E-state index is 13.3. The average Bonchev–Trinajstić information content (AvgIpc) is 2.47. The Balaban J connectivity index is 2.34. The Morgan fingerprint density at radius 3 is 2.62 bits per heavy atom. The lowest BCUT2D eigenvalue weighted by molar-refractivity contribution is 0.504. The summed E-state index contributed by atoms with van der Waals surface area (Å²) in [6, 6.07) is 7.49. The molecule has 0 fully saturated rings. The largest absolute Gasteiger partial charge is 0.253 e. The van der Waals surface area contributed by atoms with Gasteiger partial charge in [0.25, 0.3) is 0 Å². The molecule has 2 aromatic rings. The highest BCUT2D eigenvalue weighted by molar-refractivity contribution is 5.85. The van der Waals surface area contributed by atoms with Crippen molar-refractivity contribution in [2.75, 3.05) is 0 Å². The summed E-state index contributed by atoms with van der Waals surface area (Å²) in [4.78, 5) is 4.09. The lowest BCUT2D eigenvalue weighted by Crippen LogP contribution is -1.99. The van der Waals surface area contributed by atoms with Gasteiger partial charge in [0.05, 0.1) is 11.7 Å². The van der Waals surface area contributed by atoms with Gasteiger partial charge < -0.3 is 0 Å². The standard InChI is InChI=1S/C19H22FN/c1-5-15(7-6-14(4)13(2)3)16-8-9-19-17(10-16)11-18(20)12-21-19/h5-14H,1-4H3. The van der Waals surface area contributed by atoms with E-state index in [9.17, 15) is 4.39 Å². The summed E-state index contributed by atoms with van der Waals surface area (Å²) < 4.78 is 13.3. The number of benzene rings is 1. The van der Waals surface area contributed by atoms with Gasteiger partial charge in [-0.1, -0.05) is 45.1 Å². The first-order valence-electron chi connectivity index (χ1n) is 7.41. The normalized spacial score (nSPS) is 14.3. The van der Waals surface area contributed by atoms with Crippen molar-refractivity contribution in [2.24, 2.45) is 11.8 Å². The highest BCUT2D eigenvalue weighted by Crippen LogP contribution is 2.23. The van der Waals surface area contributed by atoms with Crippen molar-refractivity contribution in [3.8, 4) is 0 Å². The van der Waals surface area contributed by atoms with E-state index in [0.717, 1.165) is 22.0 Å². The van der Waals surface area contributed by atoms with Gasteiger partial charge in [0.15, 0.2) is 0 Å². The molecular formula is C19H22FN. The fourth-order valence-electron chi connectivity index (χ4n) is 2.12. The zero-order valence-corrected chi connectivity index (χ0v) is 13.1. The van der Waals surface area contributed by atoms with Crippen LogP contribution in [0.2, 0.25) is 0 Å². The molecule has 1 nitrogen and oxygen atoms in total. The van der Waals surface area contributed by atoms with Crippen LogP contribution in [-0.2, 0) is 0 Å². The molecule has 1 aromatic carbocycles. The van der Waals surface area contributed by atoms with Crippen LogP contribution >= 0.6 is 0 Å². The molecule has 0 aliphatic heterocycles. The molecule has 0 aliphatic rings. The molecule has 1 heterocycles. The molecule has 0 saturated heterocycles. The van der Waals surface area contributed by atoms with Gasteiger partial charge in [-0.2, -0.15) is 0 Å². The van der Waals surface area contributed by atoms with Crippen LogP contribution in [-0.4, -0.2) is 4.98 Å². The summed E-state index contributed by atoms with van der Waals surface area (Å²) in [6.07, 6.45) is 7.72. The zero-order chi connectivity index (χ0) is 15.4. The Kier molecular flexibility index (Phi) is 4.89. The number of hydrogen-bond acceptors (Lipinski definition) is 1. The molecule has 0 radical (unpaired) electrons. The number of rotatable bonds is 4. The van der Waals surface area contributed by atoms with Crippen LogP contribution in [0.15, 0.2) is 48.7 Å². The molecule has 0 saturated carbocycles. The molecule has 0 bridgehead atoms. The minimum atomic E-state index is -0.300. The van der Waals surface area contributed by atoms with E-state index in [2.05, 4.69) is 44.0 Å². The molecule has 2 heteroatoms. The van der Waals surface area contributed by atoms with Crippen LogP contribution in [0, 0.1) is 17.7 Å². The second-order valence-corrected chi connectivity index (χ2v) is 5.77. The summed E-state index contributed by atoms with van der Waals surface area (Å²) in [5.41, 5.74) is 3.05. The summed E-state index contributed by atoms with van der Waals surface area (Å²) in [5, 5.41) is 0.831. The van der Waals surface area contributed by atoms with Gasteiger partial charge in [0.1, 0.15) is 5.82 Å². The fourth-order valence-corrected chi connectivity index (χ4v) is 2.12. The third-order valence-corrected chi connectivity index (χ3v) is 3.92. The summed E-state index contributed by atoms with van der Waals surface area (Å²) in [7, 11) is 0. The first-order valence-corrected chi connectivity index (χ1v) is 7.41. The zero-order valence-electron chi connectivity index (χ0n) is 13.1. The van der Waals surface area contributed by atoms with Gasteiger partial charge in [-0.15, -0.1) is 0 Å². The van der Waals surface area contributed by atoms with E-state index in [1.807, 2.05) is 25.1 Å². The van der Waals surface area contributed by atoms with Crippen LogP contribution < -0.4 is 0 Å². The topological polar surface area (TPSA) is 12.9 Å². The molecule has 1 aromatic heterocycles. The lowest BCUT2D eigenvalue weighted by Gasteiger charge is -2.11. The van der Waals surface area contributed by atoms with E-state index in [4.69, 9.17) is 0 Å². The Morgan fingerprint density at radius 1 is 1.19 bits per heavy atom. The van der Waals surface area contributed by atoms with E-state index < -0.39 is 0 Å². The van der Waals surface area contributed by atoms with E-state index in [0.29, 0.717) is 11.8 Å². The molecule has 2 rings (SSSR count). The molecule has 0 N–H and O–H groups in total. The van der Waals surface area contributed by atoms with Crippen LogP contribution in [0.5, 0.6) is 0 Å². The van der Waals surface area contributed by atoms with Crippen molar-refractivity contribution in [2.45, 2.75) is 27.7 Å². The van der Waals surface area contributed by atoms with Crippen LogP contribution in [0.1, 0.15) is 33.3 Å². The number of nitrogens with zero attached hydrogens (tertiary/aromatic N) is 1. The Bertz CT molecular complexity index is 683. The van der Waals surface area contributed by atoms with Crippen molar-refractivity contribution in [3.05, 3.63) is 60.1 Å². The minimum absolute atomic E-state index is 0.300. The van der Waals surface area contributed by atoms with E-state index in [1.165, 1.54) is 12.3 Å². The number of aromatic nitrogens is 1. The second-order valence-electron chi connectivity index (χ2n) is 5.77. The van der Waals surface area contributed by atoms with Crippen molar-refractivity contribution in [3.63, 3.8) is 0 Å². The highest BCUT2D eigenvalue weighted by Gasteiger charge is 2.05. The molecule has 0 aliphatic carbocycles. The van der Waals surface area contributed by atoms with Gasteiger partial charge in [-0.25, -0.2) is 4.39 Å². The third kappa shape index (κ3) is 3.78. The second kappa shape index (κ2) is 6.66. The predicted octanol–water partition coefficient (Wildman–Crippen LogP) is 5.63. The van der Waals surface area contributed by atoms with Crippen molar-refractivity contribution < 1.29 is 4.39 Å². The maximum Gasteiger partial charge on any atom is 0.142 e. The first-order chi connectivity index (χ1) is 10.0. The van der Waals surface area contributed by atoms with Crippen molar-refractivity contribution in [1.82, 2.24) is 4.98 Å². The monoisotopic (exact) mass is 283 g/mol. The lowest BCUT2D eigenvalue weighted by atomic mass is 9.95. The SMILES string of the molecule is CC=C(C=CC(C)C(C)C)c1ccc2ncc(F)cc2c1. The van der Waals surface area contributed by atoms with Crippen LogP contribution in [0.3, 0.4) is 0 Å². The predicted molar refractivity (Wildman–Crippen MR) is 88.5 cm³/mol. The molecule has 0 amide bonds.